The molecular formula is C25H27N3O4S. The third kappa shape index (κ3) is 6.55. The van der Waals surface area contributed by atoms with Crippen LogP contribution in [0.15, 0.2) is 53.9 Å². The Labute approximate surface area is 197 Å². The number of nitrogens with one attached hydrogen (secondary N) is 1. The average Bonchev–Trinajstić information content (AvgIpc) is 3.27. The van der Waals surface area contributed by atoms with Gasteiger partial charge in [-0.15, -0.1) is 11.3 Å². The molecule has 2 heterocycles. The molecule has 0 radical (unpaired) electrons. The standard InChI is InChI=1S/C25H27N3O4S/c1-18-26-21(17-33-18)15-31-23-11-5-19(6-12-23)25(30)32-16-24(29)27-20-7-9-22(10-8-20)28-13-3-2-4-14-28/h5-12,17H,2-4,13-16H2,1H3,(H,27,29). The van der Waals surface area contributed by atoms with Crippen LogP contribution in [0.3, 0.4) is 0 Å². The molecule has 0 aliphatic carbocycles. The number of amides is 1. The second kappa shape index (κ2) is 11.0. The SMILES string of the molecule is Cc1nc(COc2ccc(C(=O)OCC(=O)Nc3ccc(N4CCCCC4)cc3)cc2)cs1. The van der Waals surface area contributed by atoms with Crippen LogP contribution in [0.5, 0.6) is 5.75 Å². The maximum absolute atomic E-state index is 12.3. The largest absolute Gasteiger partial charge is 0.487 e. The van der Waals surface area contributed by atoms with Gasteiger partial charge in [-0.05, 0) is 74.7 Å². The fraction of sp³-hybridized carbons (Fsp3) is 0.320. The quantitative estimate of drug-likeness (QED) is 0.481. The van der Waals surface area contributed by atoms with Gasteiger partial charge in [0.25, 0.3) is 5.91 Å². The minimum atomic E-state index is -0.563. The summed E-state index contributed by atoms with van der Waals surface area (Å²) in [5.41, 5.74) is 3.06. The van der Waals surface area contributed by atoms with Crippen LogP contribution in [0.2, 0.25) is 0 Å². The first kappa shape index (κ1) is 22.8. The van der Waals surface area contributed by atoms with Crippen LogP contribution in [0, 0.1) is 6.92 Å². The molecule has 4 rings (SSSR count). The number of thiazole rings is 1. The molecule has 1 aromatic heterocycles. The van der Waals surface area contributed by atoms with E-state index in [1.54, 1.807) is 35.6 Å². The number of ether oxygens (including phenoxy) is 2. The molecule has 1 saturated heterocycles. The van der Waals surface area contributed by atoms with Crippen LogP contribution in [-0.2, 0) is 16.1 Å². The number of esters is 1. The van der Waals surface area contributed by atoms with Crippen molar-refractivity contribution in [2.24, 2.45) is 0 Å². The fourth-order valence-electron chi connectivity index (χ4n) is 3.64. The van der Waals surface area contributed by atoms with Crippen molar-refractivity contribution in [2.75, 3.05) is 29.9 Å². The molecule has 0 saturated carbocycles. The molecule has 0 spiro atoms. The minimum absolute atomic E-state index is 0.352. The number of hydrogen-bond donors (Lipinski definition) is 1. The van der Waals surface area contributed by atoms with Gasteiger partial charge in [-0.3, -0.25) is 4.79 Å². The van der Waals surface area contributed by atoms with Gasteiger partial charge < -0.3 is 19.7 Å². The van der Waals surface area contributed by atoms with E-state index in [2.05, 4.69) is 15.2 Å². The highest BCUT2D eigenvalue weighted by Gasteiger charge is 2.13. The zero-order valence-electron chi connectivity index (χ0n) is 18.6. The monoisotopic (exact) mass is 465 g/mol. The van der Waals surface area contributed by atoms with Gasteiger partial charge in [0.2, 0.25) is 0 Å². The van der Waals surface area contributed by atoms with Gasteiger partial charge in [-0.25, -0.2) is 9.78 Å². The van der Waals surface area contributed by atoms with Crippen LogP contribution in [0.25, 0.3) is 0 Å². The zero-order chi connectivity index (χ0) is 23.0. The molecule has 1 aliphatic rings. The Morgan fingerprint density at radius 1 is 1.03 bits per heavy atom. The summed E-state index contributed by atoms with van der Waals surface area (Å²) in [4.78, 5) is 31.1. The number of rotatable bonds is 8. The van der Waals surface area contributed by atoms with Crippen LogP contribution in [0.1, 0.15) is 40.3 Å². The van der Waals surface area contributed by atoms with Gasteiger partial charge in [0, 0.05) is 29.8 Å². The highest BCUT2D eigenvalue weighted by molar-refractivity contribution is 7.09. The van der Waals surface area contributed by atoms with E-state index in [4.69, 9.17) is 9.47 Å². The lowest BCUT2D eigenvalue weighted by atomic mass is 10.1. The van der Waals surface area contributed by atoms with E-state index in [1.165, 1.54) is 19.3 Å². The Hall–Kier alpha value is -3.39. The molecule has 1 aliphatic heterocycles. The maximum atomic E-state index is 12.3. The summed E-state index contributed by atoms with van der Waals surface area (Å²) >= 11 is 1.57. The van der Waals surface area contributed by atoms with Crippen molar-refractivity contribution in [1.29, 1.82) is 0 Å². The van der Waals surface area contributed by atoms with E-state index >= 15 is 0 Å². The summed E-state index contributed by atoms with van der Waals surface area (Å²) in [6.45, 7) is 4.10. The Kier molecular flexibility index (Phi) is 7.57. The number of aryl methyl sites for hydroxylation is 1. The number of anilines is 2. The summed E-state index contributed by atoms with van der Waals surface area (Å²) in [6.07, 6.45) is 3.71. The van der Waals surface area contributed by atoms with Crippen LogP contribution >= 0.6 is 11.3 Å². The molecule has 0 unspecified atom stereocenters. The Morgan fingerprint density at radius 2 is 1.76 bits per heavy atom. The predicted octanol–water partition coefficient (Wildman–Crippen LogP) is 4.82. The van der Waals surface area contributed by atoms with Crippen molar-refractivity contribution in [2.45, 2.75) is 32.8 Å². The Balaban J connectivity index is 1.21. The molecule has 8 heteroatoms. The first-order valence-corrected chi connectivity index (χ1v) is 11.9. The van der Waals surface area contributed by atoms with E-state index in [0.29, 0.717) is 23.6 Å². The summed E-state index contributed by atoms with van der Waals surface area (Å²) in [6, 6.07) is 14.4. The van der Waals surface area contributed by atoms with Crippen molar-refractivity contribution in [1.82, 2.24) is 4.98 Å². The molecule has 1 N–H and O–H groups in total. The van der Waals surface area contributed by atoms with Crippen LogP contribution in [-0.4, -0.2) is 36.6 Å². The lowest BCUT2D eigenvalue weighted by Crippen LogP contribution is -2.29. The first-order chi connectivity index (χ1) is 16.1. The number of piperidine rings is 1. The van der Waals surface area contributed by atoms with Crippen molar-refractivity contribution in [3.63, 3.8) is 0 Å². The Morgan fingerprint density at radius 3 is 2.42 bits per heavy atom. The third-order valence-corrected chi connectivity index (χ3v) is 6.17. The lowest BCUT2D eigenvalue weighted by Gasteiger charge is -2.28. The first-order valence-electron chi connectivity index (χ1n) is 11.0. The highest BCUT2D eigenvalue weighted by Crippen LogP contribution is 2.22. The van der Waals surface area contributed by atoms with Gasteiger partial charge in [-0.2, -0.15) is 0 Å². The summed E-state index contributed by atoms with van der Waals surface area (Å²) in [5, 5.41) is 5.71. The van der Waals surface area contributed by atoms with Crippen molar-refractivity contribution < 1.29 is 19.1 Å². The fourth-order valence-corrected chi connectivity index (χ4v) is 4.24. The van der Waals surface area contributed by atoms with Crippen molar-refractivity contribution in [3.8, 4) is 5.75 Å². The molecule has 1 fully saturated rings. The summed E-state index contributed by atoms with van der Waals surface area (Å²) in [5.74, 6) is -0.317. The van der Waals surface area contributed by atoms with Gasteiger partial charge >= 0.3 is 5.97 Å². The molecule has 0 atom stereocenters. The van der Waals surface area contributed by atoms with Gasteiger partial charge in [0.15, 0.2) is 6.61 Å². The summed E-state index contributed by atoms with van der Waals surface area (Å²) in [7, 11) is 0. The van der Waals surface area contributed by atoms with Gasteiger partial charge in [0.1, 0.15) is 12.4 Å². The second-order valence-corrected chi connectivity index (χ2v) is 8.95. The minimum Gasteiger partial charge on any atom is -0.487 e. The molecule has 172 valence electrons. The number of carbonyl (C=O) groups is 2. The molecule has 7 nitrogen and oxygen atoms in total. The topological polar surface area (TPSA) is 80.8 Å². The van der Waals surface area contributed by atoms with Gasteiger partial charge in [-0.1, -0.05) is 0 Å². The van der Waals surface area contributed by atoms with Crippen molar-refractivity contribution in [3.05, 3.63) is 70.2 Å². The number of aromatic nitrogens is 1. The smallest absolute Gasteiger partial charge is 0.338 e. The lowest BCUT2D eigenvalue weighted by molar-refractivity contribution is -0.119. The maximum Gasteiger partial charge on any atom is 0.338 e. The normalized spacial score (nSPS) is 13.4. The number of hydrogen-bond acceptors (Lipinski definition) is 7. The van der Waals surface area contributed by atoms with E-state index < -0.39 is 5.97 Å². The molecule has 3 aromatic rings. The van der Waals surface area contributed by atoms with E-state index in [9.17, 15) is 9.59 Å². The molecule has 1 amide bonds. The average molecular weight is 466 g/mol. The number of carbonyl (C=O) groups excluding carboxylic acids is 2. The number of benzene rings is 2. The molecular weight excluding hydrogens is 438 g/mol. The second-order valence-electron chi connectivity index (χ2n) is 7.89. The van der Waals surface area contributed by atoms with Crippen LogP contribution in [0.4, 0.5) is 11.4 Å². The van der Waals surface area contributed by atoms with Crippen molar-refractivity contribution >= 4 is 34.6 Å². The predicted molar refractivity (Wildman–Crippen MR) is 129 cm³/mol. The molecule has 33 heavy (non-hydrogen) atoms. The van der Waals surface area contributed by atoms with E-state index in [0.717, 1.165) is 29.5 Å². The molecule has 2 aromatic carbocycles. The highest BCUT2D eigenvalue weighted by atomic mass is 32.1. The molecule has 0 bridgehead atoms. The summed E-state index contributed by atoms with van der Waals surface area (Å²) < 4.78 is 10.8. The van der Waals surface area contributed by atoms with Gasteiger partial charge in [0.05, 0.1) is 16.3 Å². The zero-order valence-corrected chi connectivity index (χ0v) is 19.4. The van der Waals surface area contributed by atoms with E-state index in [-0.39, 0.29) is 12.5 Å². The number of nitrogens with zero attached hydrogens (tertiary/aromatic N) is 2. The third-order valence-electron chi connectivity index (χ3n) is 5.35. The van der Waals surface area contributed by atoms with Crippen LogP contribution < -0.4 is 15.0 Å². The Bertz CT molecular complexity index is 1070. The van der Waals surface area contributed by atoms with E-state index in [1.807, 2.05) is 36.6 Å².